The van der Waals surface area contributed by atoms with E-state index in [9.17, 15) is 0 Å². The van der Waals surface area contributed by atoms with Crippen LogP contribution in [-0.2, 0) is 5.41 Å². The molecule has 0 saturated carbocycles. The lowest BCUT2D eigenvalue weighted by molar-refractivity contribution is 0.590. The molecular weight excluding hydrogens is 860 g/mol. The summed E-state index contributed by atoms with van der Waals surface area (Å²) in [6.07, 6.45) is 0. The molecule has 6 heterocycles. The summed E-state index contributed by atoms with van der Waals surface area (Å²) in [4.78, 5) is 4.96. The summed E-state index contributed by atoms with van der Waals surface area (Å²) >= 11 is 0. The van der Waals surface area contributed by atoms with Gasteiger partial charge in [-0.15, -0.1) is 0 Å². The van der Waals surface area contributed by atoms with E-state index in [0.717, 1.165) is 140 Å². The number of hydrogen-bond donors (Lipinski definition) is 0. The fourth-order valence-corrected chi connectivity index (χ4v) is 11.4. The van der Waals surface area contributed by atoms with Crippen molar-refractivity contribution < 1.29 is 17.7 Å². The van der Waals surface area contributed by atoms with E-state index in [2.05, 4.69) is 191 Å². The number of hydrogen-bond acceptors (Lipinski definition) is 6. The van der Waals surface area contributed by atoms with Crippen molar-refractivity contribution in [2.24, 2.45) is 0 Å². The monoisotopic (exact) mass is 906 g/mol. The summed E-state index contributed by atoms with van der Waals surface area (Å²) in [5.41, 5.74) is 20.9. The maximum atomic E-state index is 7.35. The third kappa shape index (κ3) is 6.13. The molecule has 0 N–H and O–H groups in total. The first kappa shape index (κ1) is 40.6. The van der Waals surface area contributed by atoms with Crippen molar-refractivity contribution in [2.75, 3.05) is 9.80 Å². The van der Waals surface area contributed by atoms with Gasteiger partial charge >= 0.3 is 0 Å². The molecule has 6 nitrogen and oxygen atoms in total. The predicted octanol–water partition coefficient (Wildman–Crippen LogP) is 16.0. The average Bonchev–Trinajstić information content (AvgIpc) is 4.17. The lowest BCUT2D eigenvalue weighted by Crippen LogP contribution is -2.61. The van der Waals surface area contributed by atoms with Gasteiger partial charge in [-0.3, -0.25) is 0 Å². The molecule has 0 atom stereocenters. The maximum absolute atomic E-state index is 7.35. The topological polar surface area (TPSA) is 59.0 Å². The second-order valence-electron chi connectivity index (χ2n) is 20.3. The van der Waals surface area contributed by atoms with Crippen molar-refractivity contribution in [1.82, 2.24) is 0 Å². The predicted molar refractivity (Wildman–Crippen MR) is 289 cm³/mol. The van der Waals surface area contributed by atoms with Crippen LogP contribution in [0.3, 0.4) is 0 Å². The minimum absolute atomic E-state index is 0.0819. The molecule has 0 unspecified atom stereocenters. The van der Waals surface area contributed by atoms with Gasteiger partial charge in [-0.25, -0.2) is 0 Å². The number of benzene rings is 8. The van der Waals surface area contributed by atoms with Crippen LogP contribution in [0.1, 0.15) is 43.0 Å². The molecule has 0 bridgehead atoms. The highest BCUT2D eigenvalue weighted by molar-refractivity contribution is 7.00. The Labute approximate surface area is 406 Å². The molecule has 0 radical (unpaired) electrons. The molecule has 0 aliphatic carbocycles. The van der Waals surface area contributed by atoms with E-state index in [1.165, 1.54) is 11.0 Å². The molecule has 70 heavy (non-hydrogen) atoms. The van der Waals surface area contributed by atoms with E-state index in [1.807, 2.05) is 36.4 Å². The van der Waals surface area contributed by atoms with E-state index >= 15 is 0 Å². The Bertz CT molecular complexity index is 4020. The number of rotatable bonds is 5. The van der Waals surface area contributed by atoms with Crippen molar-refractivity contribution in [2.45, 2.75) is 47.0 Å². The standard InChI is InChI=1S/C63H47BN2O4/c1-36-26-50-59-51(27-36)66(60-37(2)28-44(29-38(60)3)58-34-42-16-9-12-21-54(42)69-58)61-47-35-45(63(4,5)6)23-25-55(47)70-62(61)64(59)48-24-22-43(57-33-41-15-8-11-20-53(41)68-57)31-49(48)65(50)46-18-13-17-39(30-46)56-32-40-14-7-10-19-52(40)67-56/h7-35H,1-6H3. The van der Waals surface area contributed by atoms with Gasteiger partial charge in [0.2, 0.25) is 0 Å². The van der Waals surface area contributed by atoms with Crippen molar-refractivity contribution in [3.8, 4) is 34.0 Å². The number of furan rings is 4. The van der Waals surface area contributed by atoms with Gasteiger partial charge in [0.25, 0.3) is 6.71 Å². The van der Waals surface area contributed by atoms with E-state index < -0.39 is 0 Å². The molecule has 7 heteroatoms. The Morgan fingerprint density at radius 2 is 1.00 bits per heavy atom. The smallest absolute Gasteiger partial charge is 0.297 e. The zero-order valence-corrected chi connectivity index (χ0v) is 39.8. The Balaban J connectivity index is 1.04. The molecule has 0 amide bonds. The summed E-state index contributed by atoms with van der Waals surface area (Å²) < 4.78 is 26.9. The van der Waals surface area contributed by atoms with Gasteiger partial charge < -0.3 is 27.5 Å². The van der Waals surface area contributed by atoms with Crippen molar-refractivity contribution in [3.63, 3.8) is 0 Å². The Hall–Kier alpha value is -8.42. The molecule has 0 saturated heterocycles. The summed E-state index contributed by atoms with van der Waals surface area (Å²) in [6.45, 7) is 13.3. The minimum Gasteiger partial charge on any atom is -0.468 e. The highest BCUT2D eigenvalue weighted by atomic mass is 16.3. The van der Waals surface area contributed by atoms with Gasteiger partial charge in [-0.2, -0.15) is 0 Å². The number of anilines is 6. The molecule has 8 aromatic carbocycles. The largest absolute Gasteiger partial charge is 0.468 e. The molecule has 2 aliphatic rings. The van der Waals surface area contributed by atoms with Crippen molar-refractivity contribution >= 4 is 101 Å². The summed E-state index contributed by atoms with van der Waals surface area (Å²) in [5.74, 6) is 2.50. The number of aryl methyl sites for hydroxylation is 3. The average molecular weight is 907 g/mol. The molecule has 2 aliphatic heterocycles. The number of fused-ring (bicyclic) bond motifs is 9. The van der Waals surface area contributed by atoms with Crippen LogP contribution in [0.25, 0.3) is 77.8 Å². The fraction of sp³-hybridized carbons (Fsp3) is 0.111. The van der Waals surface area contributed by atoms with Crippen molar-refractivity contribution in [3.05, 3.63) is 198 Å². The van der Waals surface area contributed by atoms with Crippen molar-refractivity contribution in [1.29, 1.82) is 0 Å². The highest BCUT2D eigenvalue weighted by Gasteiger charge is 2.47. The fourth-order valence-electron chi connectivity index (χ4n) is 11.4. The first-order valence-corrected chi connectivity index (χ1v) is 24.2. The van der Waals surface area contributed by atoms with Gasteiger partial charge in [0.05, 0.1) is 17.0 Å². The van der Waals surface area contributed by atoms with Gasteiger partial charge in [0.1, 0.15) is 39.6 Å². The molecule has 14 rings (SSSR count). The second kappa shape index (κ2) is 14.8. The van der Waals surface area contributed by atoms with Crippen LogP contribution in [-0.4, -0.2) is 6.71 Å². The zero-order chi connectivity index (χ0) is 47.2. The van der Waals surface area contributed by atoms with Crippen LogP contribution in [0, 0.1) is 20.8 Å². The van der Waals surface area contributed by atoms with Crippen LogP contribution in [0.4, 0.5) is 34.1 Å². The lowest BCUT2D eigenvalue weighted by atomic mass is 9.35. The minimum atomic E-state index is -0.229. The van der Waals surface area contributed by atoms with Gasteiger partial charge in [0, 0.05) is 61.0 Å². The maximum Gasteiger partial charge on any atom is 0.297 e. The zero-order valence-electron chi connectivity index (χ0n) is 39.8. The highest BCUT2D eigenvalue weighted by Crippen LogP contribution is 2.50. The van der Waals surface area contributed by atoms with Crippen LogP contribution in [0.15, 0.2) is 194 Å². The van der Waals surface area contributed by atoms with Crippen LogP contribution in [0.5, 0.6) is 0 Å². The van der Waals surface area contributed by atoms with E-state index in [0.29, 0.717) is 0 Å². The summed E-state index contributed by atoms with van der Waals surface area (Å²) in [6, 6.07) is 62.7. The first-order chi connectivity index (χ1) is 34.0. The normalized spacial score (nSPS) is 13.2. The van der Waals surface area contributed by atoms with Gasteiger partial charge in [0.15, 0.2) is 0 Å². The number of nitrogens with zero attached hydrogens (tertiary/aromatic N) is 2. The third-order valence-corrected chi connectivity index (χ3v) is 14.6. The van der Waals surface area contributed by atoms with Gasteiger partial charge in [-0.05, 0) is 150 Å². The molecule has 4 aromatic heterocycles. The molecule has 12 aromatic rings. The van der Waals surface area contributed by atoms with Crippen LogP contribution in [0.2, 0.25) is 0 Å². The van der Waals surface area contributed by atoms with E-state index in [1.54, 1.807) is 0 Å². The van der Waals surface area contributed by atoms with E-state index in [-0.39, 0.29) is 12.1 Å². The molecule has 336 valence electrons. The molecule has 0 fully saturated rings. The van der Waals surface area contributed by atoms with Crippen LogP contribution < -0.4 is 26.4 Å². The molecule has 0 spiro atoms. The Morgan fingerprint density at radius 1 is 0.429 bits per heavy atom. The molecular formula is C63H47BN2O4. The van der Waals surface area contributed by atoms with Gasteiger partial charge in [-0.1, -0.05) is 106 Å². The Kier molecular flexibility index (Phi) is 8.59. The second-order valence-corrected chi connectivity index (χ2v) is 20.3. The number of para-hydroxylation sites is 3. The quantitative estimate of drug-likeness (QED) is 0.160. The Morgan fingerprint density at radius 3 is 1.60 bits per heavy atom. The lowest BCUT2D eigenvalue weighted by Gasteiger charge is -2.43. The van der Waals surface area contributed by atoms with Crippen LogP contribution >= 0.6 is 0 Å². The first-order valence-electron chi connectivity index (χ1n) is 24.2. The van der Waals surface area contributed by atoms with E-state index in [4.69, 9.17) is 17.7 Å². The summed E-state index contributed by atoms with van der Waals surface area (Å²) in [5, 5.41) is 4.33. The summed E-state index contributed by atoms with van der Waals surface area (Å²) in [7, 11) is 0. The third-order valence-electron chi connectivity index (χ3n) is 14.6. The SMILES string of the molecule is Cc1cc2c3c(c1)N(c1c(C)cc(-c4cc5ccccc5o4)cc1C)c1c(oc4ccc(C(C)(C)C)cc14)B3c1ccc(-c3cc4ccccc4o3)cc1N2c1cccc(-c2cc3ccccc3o2)c1.